The van der Waals surface area contributed by atoms with Gasteiger partial charge in [0.05, 0.1) is 12.6 Å². The number of rotatable bonds is 8. The molecule has 0 saturated carbocycles. The number of aryl methyl sites for hydroxylation is 2. The number of primary amides is 2. The van der Waals surface area contributed by atoms with Crippen LogP contribution in [-0.2, 0) is 27.8 Å². The molecule has 2 aromatic rings. The first-order valence-electron chi connectivity index (χ1n) is 12.2. The fourth-order valence-electron chi connectivity index (χ4n) is 5.53. The zero-order valence-corrected chi connectivity index (χ0v) is 20.3. The largest absolute Gasteiger partial charge is 0.480 e. The van der Waals surface area contributed by atoms with Gasteiger partial charge in [-0.3, -0.25) is 19.2 Å². The summed E-state index contributed by atoms with van der Waals surface area (Å²) >= 11 is 0. The summed E-state index contributed by atoms with van der Waals surface area (Å²) < 4.78 is 0. The maximum atomic E-state index is 13.1. The Balaban J connectivity index is 1.69. The number of carbonyl (C=O) groups excluding carboxylic acids is 3. The van der Waals surface area contributed by atoms with Gasteiger partial charge < -0.3 is 26.8 Å². The van der Waals surface area contributed by atoms with E-state index < -0.39 is 29.2 Å². The van der Waals surface area contributed by atoms with Crippen molar-refractivity contribution in [3.63, 3.8) is 0 Å². The van der Waals surface area contributed by atoms with Crippen molar-refractivity contribution in [2.45, 2.75) is 43.6 Å². The average Bonchev–Trinajstić information content (AvgIpc) is 3.31. The number of benzene rings is 2. The molecule has 6 N–H and O–H groups in total. The standard InChI is InChI=1S/C27H29N5O5/c28-14-20-2-1-11-32(20)23(33)15-31-10-9-27(26(36)37)21-7-5-18(24(29)34)12-16(21)3-4-17-13-19(25(30)35)6-8-22(17)27/h5-8,12-13,20,31H,1-4,9-11,15H2,(H2,29,34)(H2,30,35)(H,36,37)/t20-/m0/s1. The number of carbonyl (C=O) groups is 4. The van der Waals surface area contributed by atoms with Gasteiger partial charge in [-0.1, -0.05) is 12.1 Å². The number of nitrogens with one attached hydrogen (secondary N) is 1. The third-order valence-corrected chi connectivity index (χ3v) is 7.40. The van der Waals surface area contributed by atoms with Crippen LogP contribution in [0, 0.1) is 11.3 Å². The van der Waals surface area contributed by atoms with Crippen LogP contribution in [0.4, 0.5) is 0 Å². The molecule has 2 aromatic carbocycles. The van der Waals surface area contributed by atoms with Crippen molar-refractivity contribution >= 4 is 23.7 Å². The lowest BCUT2D eigenvalue weighted by atomic mass is 9.69. The van der Waals surface area contributed by atoms with Crippen LogP contribution < -0.4 is 16.8 Å². The van der Waals surface area contributed by atoms with E-state index in [1.165, 1.54) is 12.1 Å². The van der Waals surface area contributed by atoms with E-state index in [1.807, 2.05) is 0 Å². The van der Waals surface area contributed by atoms with E-state index in [0.717, 1.165) is 6.42 Å². The molecule has 37 heavy (non-hydrogen) atoms. The van der Waals surface area contributed by atoms with Crippen LogP contribution in [0.3, 0.4) is 0 Å². The number of aliphatic carboxylic acids is 1. The first-order chi connectivity index (χ1) is 17.7. The Morgan fingerprint density at radius 2 is 1.59 bits per heavy atom. The Kier molecular flexibility index (Phi) is 7.27. The van der Waals surface area contributed by atoms with E-state index in [0.29, 0.717) is 48.1 Å². The average molecular weight is 504 g/mol. The summed E-state index contributed by atoms with van der Waals surface area (Å²) in [5.41, 5.74) is 12.4. The molecular formula is C27H29N5O5. The van der Waals surface area contributed by atoms with E-state index >= 15 is 0 Å². The number of hydrogen-bond donors (Lipinski definition) is 4. The molecule has 3 amide bonds. The van der Waals surface area contributed by atoms with Crippen LogP contribution in [-0.4, -0.2) is 59.4 Å². The molecule has 1 aliphatic carbocycles. The van der Waals surface area contributed by atoms with Gasteiger partial charge in [-0.25, -0.2) is 0 Å². The van der Waals surface area contributed by atoms with Crippen molar-refractivity contribution < 1.29 is 24.3 Å². The summed E-state index contributed by atoms with van der Waals surface area (Å²) in [6.07, 6.45) is 2.41. The molecule has 0 aromatic heterocycles. The quantitative estimate of drug-likeness (QED) is 0.385. The predicted octanol–water partition coefficient (Wildman–Crippen LogP) is 0.848. The predicted molar refractivity (Wildman–Crippen MR) is 134 cm³/mol. The third kappa shape index (κ3) is 4.78. The lowest BCUT2D eigenvalue weighted by Crippen LogP contribution is -2.44. The summed E-state index contributed by atoms with van der Waals surface area (Å²) in [6, 6.07) is 11.3. The third-order valence-electron chi connectivity index (χ3n) is 7.40. The molecule has 192 valence electrons. The molecule has 1 fully saturated rings. The van der Waals surface area contributed by atoms with Gasteiger partial charge in [0.2, 0.25) is 17.7 Å². The van der Waals surface area contributed by atoms with Crippen LogP contribution in [0.2, 0.25) is 0 Å². The lowest BCUT2D eigenvalue weighted by Gasteiger charge is -2.33. The van der Waals surface area contributed by atoms with Crippen molar-refractivity contribution in [2.75, 3.05) is 19.6 Å². The number of carboxylic acids is 1. The minimum absolute atomic E-state index is 0.0190. The SMILES string of the molecule is N#C[C@@H]1CCCN1C(=O)CNCCC1(C(=O)O)c2ccc(C(N)=O)cc2CCc2cc(C(N)=O)ccc21. The van der Waals surface area contributed by atoms with Crippen molar-refractivity contribution in [3.8, 4) is 6.07 Å². The highest BCUT2D eigenvalue weighted by Gasteiger charge is 2.46. The summed E-state index contributed by atoms with van der Waals surface area (Å²) in [4.78, 5) is 50.9. The Bertz CT molecular complexity index is 1250. The second-order valence-electron chi connectivity index (χ2n) is 9.48. The molecule has 1 saturated heterocycles. The van der Waals surface area contributed by atoms with Crippen LogP contribution in [0.5, 0.6) is 0 Å². The smallest absolute Gasteiger partial charge is 0.318 e. The molecule has 0 radical (unpaired) electrons. The second-order valence-corrected chi connectivity index (χ2v) is 9.48. The molecule has 1 aliphatic heterocycles. The normalized spacial score (nSPS) is 17.7. The Hall–Kier alpha value is -4.23. The Morgan fingerprint density at radius 3 is 2.08 bits per heavy atom. The Morgan fingerprint density at radius 1 is 1.03 bits per heavy atom. The van der Waals surface area contributed by atoms with E-state index in [9.17, 15) is 29.5 Å². The number of amides is 3. The van der Waals surface area contributed by atoms with Crippen LogP contribution in [0.1, 0.15) is 62.2 Å². The van der Waals surface area contributed by atoms with Crippen molar-refractivity contribution in [2.24, 2.45) is 11.5 Å². The maximum Gasteiger partial charge on any atom is 0.318 e. The van der Waals surface area contributed by atoms with Gasteiger partial charge in [0.1, 0.15) is 11.5 Å². The van der Waals surface area contributed by atoms with Gasteiger partial charge in [-0.2, -0.15) is 5.26 Å². The molecule has 1 atom stereocenters. The molecule has 1 heterocycles. The van der Waals surface area contributed by atoms with Crippen molar-refractivity contribution in [1.29, 1.82) is 5.26 Å². The first kappa shape index (κ1) is 25.9. The van der Waals surface area contributed by atoms with Gasteiger partial charge in [0, 0.05) is 17.7 Å². The molecule has 2 aliphatic rings. The summed E-state index contributed by atoms with van der Waals surface area (Å²) in [5, 5.41) is 23.0. The molecule has 10 heteroatoms. The second kappa shape index (κ2) is 10.4. The first-order valence-corrected chi connectivity index (χ1v) is 12.2. The maximum absolute atomic E-state index is 13.1. The number of fused-ring (bicyclic) bond motifs is 2. The number of nitriles is 1. The topological polar surface area (TPSA) is 180 Å². The molecule has 4 rings (SSSR count). The summed E-state index contributed by atoms with van der Waals surface area (Å²) in [7, 11) is 0. The van der Waals surface area contributed by atoms with E-state index in [-0.39, 0.29) is 36.5 Å². The molecule has 10 nitrogen and oxygen atoms in total. The molecule has 0 bridgehead atoms. The minimum Gasteiger partial charge on any atom is -0.480 e. The number of nitrogens with two attached hydrogens (primary N) is 2. The van der Waals surface area contributed by atoms with Gasteiger partial charge in [-0.15, -0.1) is 0 Å². The van der Waals surface area contributed by atoms with E-state index in [2.05, 4.69) is 11.4 Å². The number of nitrogens with zero attached hydrogens (tertiary/aromatic N) is 2. The van der Waals surface area contributed by atoms with Crippen LogP contribution in [0.25, 0.3) is 0 Å². The minimum atomic E-state index is -1.51. The fourth-order valence-corrected chi connectivity index (χ4v) is 5.53. The highest BCUT2D eigenvalue weighted by Crippen LogP contribution is 2.43. The van der Waals surface area contributed by atoms with Crippen molar-refractivity contribution in [1.82, 2.24) is 10.2 Å². The monoisotopic (exact) mass is 503 g/mol. The van der Waals surface area contributed by atoms with Crippen LogP contribution >= 0.6 is 0 Å². The number of hydrogen-bond acceptors (Lipinski definition) is 6. The number of carboxylic acid groups (broad SMARTS) is 1. The fraction of sp³-hybridized carbons (Fsp3) is 0.370. The molecular weight excluding hydrogens is 474 g/mol. The van der Waals surface area contributed by atoms with Crippen molar-refractivity contribution in [3.05, 3.63) is 69.8 Å². The highest BCUT2D eigenvalue weighted by atomic mass is 16.4. The van der Waals surface area contributed by atoms with Crippen LogP contribution in [0.15, 0.2) is 36.4 Å². The summed E-state index contributed by atoms with van der Waals surface area (Å²) in [6.45, 7) is 0.703. The van der Waals surface area contributed by atoms with E-state index in [4.69, 9.17) is 11.5 Å². The zero-order valence-electron chi connectivity index (χ0n) is 20.3. The highest BCUT2D eigenvalue weighted by molar-refractivity contribution is 5.95. The lowest BCUT2D eigenvalue weighted by molar-refractivity contribution is -0.142. The van der Waals surface area contributed by atoms with Gasteiger partial charge in [0.15, 0.2) is 0 Å². The molecule has 0 unspecified atom stereocenters. The van der Waals surface area contributed by atoms with Gasteiger partial charge in [0.25, 0.3) is 0 Å². The Labute approximate surface area is 214 Å². The molecule has 0 spiro atoms. The van der Waals surface area contributed by atoms with Gasteiger partial charge in [-0.05, 0) is 85.2 Å². The number of likely N-dealkylation sites (tertiary alicyclic amines) is 1. The summed E-state index contributed by atoms with van der Waals surface area (Å²) in [5.74, 6) is -2.52. The van der Waals surface area contributed by atoms with E-state index in [1.54, 1.807) is 29.2 Å². The zero-order chi connectivity index (χ0) is 26.7. The van der Waals surface area contributed by atoms with Gasteiger partial charge >= 0.3 is 5.97 Å².